The van der Waals surface area contributed by atoms with Crippen molar-refractivity contribution in [2.45, 2.75) is 6.42 Å². The maximum Gasteiger partial charge on any atom is 0.335 e. The van der Waals surface area contributed by atoms with Crippen LogP contribution < -0.4 is 0 Å². The average Bonchev–Trinajstić information content (AvgIpc) is 2.53. The number of hydrogen-bond donors (Lipinski definition) is 3. The molecule has 0 saturated heterocycles. The number of aliphatic carboxylic acids is 3. The highest BCUT2D eigenvalue weighted by Gasteiger charge is 2.41. The first-order chi connectivity index (χ1) is 10.8. The molecule has 2 rings (SSSR count). The Morgan fingerprint density at radius 3 is 2.17 bits per heavy atom. The molecule has 1 aliphatic carbocycles. The molecular formula is C17H12O6. The maximum atomic E-state index is 11.7. The van der Waals surface area contributed by atoms with Crippen LogP contribution in [0.15, 0.2) is 53.6 Å². The van der Waals surface area contributed by atoms with Crippen molar-refractivity contribution in [3.8, 4) is 11.8 Å². The SMILES string of the molecule is O=C(O)C1=CC(C#Cc2ccccc2)(C(=O)O)CC(C(=O)O)=C1. The molecule has 0 radical (unpaired) electrons. The highest BCUT2D eigenvalue weighted by molar-refractivity contribution is 5.99. The predicted molar refractivity (Wildman–Crippen MR) is 79.4 cm³/mol. The van der Waals surface area contributed by atoms with Gasteiger partial charge >= 0.3 is 17.9 Å². The van der Waals surface area contributed by atoms with Gasteiger partial charge in [-0.2, -0.15) is 0 Å². The van der Waals surface area contributed by atoms with Gasteiger partial charge in [0.05, 0.1) is 5.57 Å². The smallest absolute Gasteiger partial charge is 0.335 e. The Hall–Kier alpha value is -3.33. The van der Waals surface area contributed by atoms with Crippen molar-refractivity contribution >= 4 is 17.9 Å². The molecule has 0 bridgehead atoms. The molecule has 0 saturated carbocycles. The van der Waals surface area contributed by atoms with Gasteiger partial charge in [0.2, 0.25) is 0 Å². The van der Waals surface area contributed by atoms with Crippen LogP contribution in [-0.2, 0) is 14.4 Å². The second kappa shape index (κ2) is 6.20. The Bertz CT molecular complexity index is 791. The van der Waals surface area contributed by atoms with E-state index in [4.69, 9.17) is 10.2 Å². The molecule has 3 N–H and O–H groups in total. The Morgan fingerprint density at radius 2 is 1.65 bits per heavy atom. The van der Waals surface area contributed by atoms with Gasteiger partial charge in [-0.1, -0.05) is 30.0 Å². The molecule has 1 aromatic rings. The molecule has 116 valence electrons. The van der Waals surface area contributed by atoms with Crippen LogP contribution in [0.5, 0.6) is 0 Å². The van der Waals surface area contributed by atoms with Crippen LogP contribution in [0.1, 0.15) is 12.0 Å². The number of carbonyl (C=O) groups is 3. The Kier molecular flexibility index (Phi) is 4.32. The zero-order valence-corrected chi connectivity index (χ0v) is 11.8. The molecule has 6 nitrogen and oxygen atoms in total. The standard InChI is InChI=1S/C17H12O6/c18-14(19)12-8-13(15(20)21)10-17(9-12,16(22)23)7-6-11-4-2-1-3-5-11/h1-5,8-9H,10H2,(H,18,19)(H,20,21)(H,22,23). The summed E-state index contributed by atoms with van der Waals surface area (Å²) in [7, 11) is 0. The fourth-order valence-electron chi connectivity index (χ4n) is 2.13. The first-order valence-electron chi connectivity index (χ1n) is 6.56. The second-order valence-corrected chi connectivity index (χ2v) is 4.95. The van der Waals surface area contributed by atoms with E-state index in [1.54, 1.807) is 30.3 Å². The van der Waals surface area contributed by atoms with Gasteiger partial charge < -0.3 is 15.3 Å². The minimum atomic E-state index is -1.90. The fourth-order valence-corrected chi connectivity index (χ4v) is 2.13. The van der Waals surface area contributed by atoms with Crippen molar-refractivity contribution < 1.29 is 29.7 Å². The van der Waals surface area contributed by atoms with Gasteiger partial charge in [-0.15, -0.1) is 0 Å². The summed E-state index contributed by atoms with van der Waals surface area (Å²) in [6, 6.07) is 8.55. The number of rotatable bonds is 3. The molecule has 1 atom stereocenters. The quantitative estimate of drug-likeness (QED) is 0.730. The topological polar surface area (TPSA) is 112 Å². The van der Waals surface area contributed by atoms with E-state index in [0.717, 1.165) is 12.2 Å². The van der Waals surface area contributed by atoms with E-state index in [9.17, 15) is 19.5 Å². The molecule has 0 aromatic heterocycles. The lowest BCUT2D eigenvalue weighted by Crippen LogP contribution is -2.32. The van der Waals surface area contributed by atoms with Crippen LogP contribution in [0.4, 0.5) is 0 Å². The van der Waals surface area contributed by atoms with Gasteiger partial charge in [-0.3, -0.25) is 4.79 Å². The highest BCUT2D eigenvalue weighted by Crippen LogP contribution is 2.34. The Labute approximate surface area is 131 Å². The molecular weight excluding hydrogens is 300 g/mol. The third-order valence-electron chi connectivity index (χ3n) is 3.31. The first kappa shape index (κ1) is 16.0. The summed E-state index contributed by atoms with van der Waals surface area (Å²) < 4.78 is 0. The van der Waals surface area contributed by atoms with E-state index < -0.39 is 35.3 Å². The third kappa shape index (κ3) is 3.47. The van der Waals surface area contributed by atoms with E-state index in [2.05, 4.69) is 11.8 Å². The highest BCUT2D eigenvalue weighted by atomic mass is 16.4. The molecule has 6 heteroatoms. The van der Waals surface area contributed by atoms with E-state index in [1.807, 2.05) is 0 Å². The van der Waals surface area contributed by atoms with Gasteiger partial charge in [0.1, 0.15) is 0 Å². The molecule has 1 aliphatic rings. The van der Waals surface area contributed by atoms with E-state index in [1.165, 1.54) is 0 Å². The molecule has 1 unspecified atom stereocenters. The summed E-state index contributed by atoms with van der Waals surface area (Å²) >= 11 is 0. The molecule has 0 amide bonds. The first-order valence-corrected chi connectivity index (χ1v) is 6.56. The maximum absolute atomic E-state index is 11.7. The van der Waals surface area contributed by atoms with Crippen molar-refractivity contribution in [2.75, 3.05) is 0 Å². The van der Waals surface area contributed by atoms with Gasteiger partial charge in [-0.05, 0) is 24.3 Å². The van der Waals surface area contributed by atoms with Gasteiger partial charge in [0.25, 0.3) is 0 Å². The Balaban J connectivity index is 2.55. The lowest BCUT2D eigenvalue weighted by atomic mass is 9.76. The van der Waals surface area contributed by atoms with Crippen LogP contribution in [0.2, 0.25) is 0 Å². The summed E-state index contributed by atoms with van der Waals surface area (Å²) in [5.74, 6) is 1.02. The zero-order chi connectivity index (χ0) is 17.0. The van der Waals surface area contributed by atoms with Crippen LogP contribution in [0, 0.1) is 17.3 Å². The predicted octanol–water partition coefficient (Wildman–Crippen LogP) is 1.53. The van der Waals surface area contributed by atoms with Gasteiger partial charge in [0.15, 0.2) is 5.41 Å². The summed E-state index contributed by atoms with van der Waals surface area (Å²) in [6.45, 7) is 0. The van der Waals surface area contributed by atoms with Crippen LogP contribution >= 0.6 is 0 Å². The van der Waals surface area contributed by atoms with Crippen molar-refractivity contribution in [2.24, 2.45) is 5.41 Å². The minimum Gasteiger partial charge on any atom is -0.480 e. The molecule has 0 heterocycles. The van der Waals surface area contributed by atoms with Gasteiger partial charge in [0, 0.05) is 17.6 Å². The number of carboxylic acid groups (broad SMARTS) is 3. The number of carboxylic acids is 3. The van der Waals surface area contributed by atoms with Gasteiger partial charge in [-0.25, -0.2) is 9.59 Å². The monoisotopic (exact) mass is 312 g/mol. The average molecular weight is 312 g/mol. The van der Waals surface area contributed by atoms with Crippen LogP contribution in [0.3, 0.4) is 0 Å². The van der Waals surface area contributed by atoms with E-state index in [0.29, 0.717) is 5.56 Å². The lowest BCUT2D eigenvalue weighted by molar-refractivity contribution is -0.143. The van der Waals surface area contributed by atoms with E-state index in [-0.39, 0.29) is 5.57 Å². The van der Waals surface area contributed by atoms with E-state index >= 15 is 0 Å². The summed E-state index contributed by atoms with van der Waals surface area (Å²) in [5.41, 5.74) is -2.07. The minimum absolute atomic E-state index is 0.310. The summed E-state index contributed by atoms with van der Waals surface area (Å²) in [5, 5.41) is 27.7. The largest absolute Gasteiger partial charge is 0.480 e. The molecule has 0 aliphatic heterocycles. The summed E-state index contributed by atoms with van der Waals surface area (Å²) in [4.78, 5) is 34.0. The normalized spacial score (nSPS) is 19.7. The van der Waals surface area contributed by atoms with Crippen LogP contribution in [-0.4, -0.2) is 33.2 Å². The van der Waals surface area contributed by atoms with Crippen molar-refractivity contribution in [3.05, 3.63) is 59.2 Å². The van der Waals surface area contributed by atoms with Crippen molar-refractivity contribution in [1.82, 2.24) is 0 Å². The number of hydrogen-bond acceptors (Lipinski definition) is 3. The number of benzene rings is 1. The van der Waals surface area contributed by atoms with Crippen molar-refractivity contribution in [1.29, 1.82) is 0 Å². The fraction of sp³-hybridized carbons (Fsp3) is 0.118. The summed E-state index contributed by atoms with van der Waals surface area (Å²) in [6.07, 6.45) is 1.53. The van der Waals surface area contributed by atoms with Crippen LogP contribution in [0.25, 0.3) is 0 Å². The van der Waals surface area contributed by atoms with Crippen molar-refractivity contribution in [3.63, 3.8) is 0 Å². The molecule has 0 fully saturated rings. The molecule has 1 aromatic carbocycles. The molecule has 0 spiro atoms. The third-order valence-corrected chi connectivity index (χ3v) is 3.31. The zero-order valence-electron chi connectivity index (χ0n) is 11.8. The Morgan fingerprint density at radius 1 is 1.00 bits per heavy atom. The second-order valence-electron chi connectivity index (χ2n) is 4.95. The lowest BCUT2D eigenvalue weighted by Gasteiger charge is -2.24. The molecule has 23 heavy (non-hydrogen) atoms.